The number of hydrogen-bond donors (Lipinski definition) is 1. The van der Waals surface area contributed by atoms with Crippen LogP contribution in [0.3, 0.4) is 0 Å². The first-order valence-corrected chi connectivity index (χ1v) is 8.52. The van der Waals surface area contributed by atoms with Gasteiger partial charge in [0.05, 0.1) is 11.4 Å². The number of hydrogen-bond acceptors (Lipinski definition) is 4. The van der Waals surface area contributed by atoms with Crippen molar-refractivity contribution in [3.63, 3.8) is 0 Å². The highest BCUT2D eigenvalue weighted by Gasteiger charge is 2.20. The number of thioether (sulfide) groups is 1. The third-order valence-electron chi connectivity index (χ3n) is 3.13. The van der Waals surface area contributed by atoms with Gasteiger partial charge in [0, 0.05) is 22.9 Å². The van der Waals surface area contributed by atoms with Gasteiger partial charge in [0.2, 0.25) is 0 Å². The summed E-state index contributed by atoms with van der Waals surface area (Å²) in [5, 5.41) is 6.91. The van der Waals surface area contributed by atoms with E-state index >= 15 is 0 Å². The topological polar surface area (TPSA) is 24.9 Å². The van der Waals surface area contributed by atoms with Crippen molar-refractivity contribution >= 4 is 23.1 Å². The smallest absolute Gasteiger partial charge is 0.103 e. The van der Waals surface area contributed by atoms with E-state index in [1.54, 1.807) is 11.3 Å². The van der Waals surface area contributed by atoms with Crippen molar-refractivity contribution in [1.29, 1.82) is 0 Å². The maximum absolute atomic E-state index is 4.68. The largest absolute Gasteiger partial charge is 0.308 e. The first-order chi connectivity index (χ1) is 9.29. The fraction of sp³-hybridized carbons (Fsp3) is 0.400. The van der Waals surface area contributed by atoms with E-state index in [1.165, 1.54) is 34.0 Å². The average molecular weight is 290 g/mol. The van der Waals surface area contributed by atoms with Crippen molar-refractivity contribution in [3.8, 4) is 0 Å². The van der Waals surface area contributed by atoms with Gasteiger partial charge in [0.1, 0.15) is 5.01 Å². The Morgan fingerprint density at radius 3 is 2.84 bits per heavy atom. The van der Waals surface area contributed by atoms with Crippen LogP contribution >= 0.6 is 23.1 Å². The predicted molar refractivity (Wildman–Crippen MR) is 82.7 cm³/mol. The van der Waals surface area contributed by atoms with Crippen LogP contribution in [0.5, 0.6) is 0 Å². The molecule has 2 nitrogen and oxygen atoms in total. The second-order valence-corrected chi connectivity index (χ2v) is 6.98. The number of benzene rings is 1. The molecule has 100 valence electrons. The Labute approximate surface area is 122 Å². The molecule has 1 N–H and O–H groups in total. The molecule has 0 unspecified atom stereocenters. The third kappa shape index (κ3) is 4.06. The number of nitrogens with one attached hydrogen (secondary N) is 1. The SMILES string of the molecule is Cc1ccc(SCc2nc(CNC3CC3)cs2)cc1. The molecule has 1 aromatic heterocycles. The van der Waals surface area contributed by atoms with Crippen LogP contribution in [0.25, 0.3) is 0 Å². The first kappa shape index (κ1) is 13.2. The van der Waals surface area contributed by atoms with E-state index in [1.807, 2.05) is 11.8 Å². The molecule has 0 atom stereocenters. The molecule has 0 amide bonds. The summed E-state index contributed by atoms with van der Waals surface area (Å²) >= 11 is 3.63. The standard InChI is InChI=1S/C15H18N2S2/c1-11-2-6-14(7-3-11)18-10-15-17-13(9-19-15)8-16-12-4-5-12/h2-3,6-7,9,12,16H,4-5,8,10H2,1H3. The van der Waals surface area contributed by atoms with Gasteiger partial charge in [0.15, 0.2) is 0 Å². The van der Waals surface area contributed by atoms with Gasteiger partial charge in [-0.15, -0.1) is 23.1 Å². The van der Waals surface area contributed by atoms with E-state index < -0.39 is 0 Å². The van der Waals surface area contributed by atoms with E-state index in [0.29, 0.717) is 0 Å². The van der Waals surface area contributed by atoms with E-state index in [2.05, 4.69) is 46.9 Å². The maximum Gasteiger partial charge on any atom is 0.103 e. The molecule has 1 saturated carbocycles. The van der Waals surface area contributed by atoms with Crippen molar-refractivity contribution in [2.75, 3.05) is 0 Å². The Balaban J connectivity index is 1.50. The molecule has 1 fully saturated rings. The van der Waals surface area contributed by atoms with Gasteiger partial charge in [-0.1, -0.05) is 17.7 Å². The van der Waals surface area contributed by atoms with E-state index in [9.17, 15) is 0 Å². The predicted octanol–water partition coefficient (Wildman–Crippen LogP) is 4.00. The Morgan fingerprint density at radius 2 is 2.11 bits per heavy atom. The molecule has 4 heteroatoms. The summed E-state index contributed by atoms with van der Waals surface area (Å²) in [6.45, 7) is 3.05. The fourth-order valence-corrected chi connectivity index (χ4v) is 3.52. The number of thiazole rings is 1. The lowest BCUT2D eigenvalue weighted by Crippen LogP contribution is -2.15. The molecule has 3 rings (SSSR count). The summed E-state index contributed by atoms with van der Waals surface area (Å²) in [4.78, 5) is 6.00. The molecular formula is C15H18N2S2. The van der Waals surface area contributed by atoms with Crippen LogP contribution in [0, 0.1) is 6.92 Å². The molecule has 0 spiro atoms. The van der Waals surface area contributed by atoms with Crippen molar-refractivity contribution in [2.24, 2.45) is 0 Å². The van der Waals surface area contributed by atoms with Crippen LogP contribution in [0.4, 0.5) is 0 Å². The molecule has 0 aliphatic heterocycles. The van der Waals surface area contributed by atoms with Crippen molar-refractivity contribution in [1.82, 2.24) is 10.3 Å². The Morgan fingerprint density at radius 1 is 1.32 bits per heavy atom. The summed E-state index contributed by atoms with van der Waals surface area (Å²) in [7, 11) is 0. The van der Waals surface area contributed by atoms with Crippen LogP contribution in [-0.2, 0) is 12.3 Å². The van der Waals surface area contributed by atoms with Crippen molar-refractivity contribution < 1.29 is 0 Å². The molecule has 1 heterocycles. The van der Waals surface area contributed by atoms with Gasteiger partial charge in [-0.25, -0.2) is 4.98 Å². The zero-order chi connectivity index (χ0) is 13.1. The summed E-state index contributed by atoms with van der Waals surface area (Å²) in [5.41, 5.74) is 2.50. The van der Waals surface area contributed by atoms with Crippen molar-refractivity contribution in [3.05, 3.63) is 45.9 Å². The third-order valence-corrected chi connectivity index (χ3v) is 5.24. The van der Waals surface area contributed by atoms with Crippen LogP contribution in [0.1, 0.15) is 29.1 Å². The minimum absolute atomic E-state index is 0.757. The summed E-state index contributed by atoms with van der Waals surface area (Å²) in [6.07, 6.45) is 2.67. The molecule has 1 aliphatic carbocycles. The molecule has 1 aromatic carbocycles. The molecular weight excluding hydrogens is 272 g/mol. The normalized spacial score (nSPS) is 14.8. The highest BCUT2D eigenvalue weighted by atomic mass is 32.2. The minimum atomic E-state index is 0.757. The van der Waals surface area contributed by atoms with Crippen LogP contribution in [-0.4, -0.2) is 11.0 Å². The Kier molecular flexibility index (Phi) is 4.21. The molecule has 0 radical (unpaired) electrons. The zero-order valence-electron chi connectivity index (χ0n) is 11.1. The quantitative estimate of drug-likeness (QED) is 0.814. The highest BCUT2D eigenvalue weighted by molar-refractivity contribution is 7.98. The molecule has 0 bridgehead atoms. The lowest BCUT2D eigenvalue weighted by Gasteiger charge is -2.00. The average Bonchev–Trinajstić information content (AvgIpc) is 3.15. The minimum Gasteiger partial charge on any atom is -0.308 e. The van der Waals surface area contributed by atoms with E-state index in [-0.39, 0.29) is 0 Å². The number of aromatic nitrogens is 1. The molecule has 1 aliphatic rings. The number of rotatable bonds is 6. The maximum atomic E-state index is 4.68. The second kappa shape index (κ2) is 6.07. The number of nitrogens with zero attached hydrogens (tertiary/aromatic N) is 1. The highest BCUT2D eigenvalue weighted by Crippen LogP contribution is 2.25. The first-order valence-electron chi connectivity index (χ1n) is 6.66. The second-order valence-electron chi connectivity index (χ2n) is 4.99. The lowest BCUT2D eigenvalue weighted by molar-refractivity contribution is 0.676. The fourth-order valence-electron chi connectivity index (χ4n) is 1.81. The number of aryl methyl sites for hydroxylation is 1. The van der Waals surface area contributed by atoms with Gasteiger partial charge < -0.3 is 5.32 Å². The van der Waals surface area contributed by atoms with Crippen LogP contribution in [0.2, 0.25) is 0 Å². The Hall–Kier alpha value is -0.840. The summed E-state index contributed by atoms with van der Waals surface area (Å²) < 4.78 is 0. The van der Waals surface area contributed by atoms with Gasteiger partial charge in [-0.05, 0) is 31.9 Å². The lowest BCUT2D eigenvalue weighted by atomic mass is 10.2. The van der Waals surface area contributed by atoms with Gasteiger partial charge in [0.25, 0.3) is 0 Å². The van der Waals surface area contributed by atoms with Crippen molar-refractivity contribution in [2.45, 2.75) is 43.0 Å². The molecule has 2 aromatic rings. The van der Waals surface area contributed by atoms with Gasteiger partial charge in [-0.2, -0.15) is 0 Å². The Bertz CT molecular complexity index is 529. The molecule has 19 heavy (non-hydrogen) atoms. The van der Waals surface area contributed by atoms with Gasteiger partial charge in [-0.3, -0.25) is 0 Å². The zero-order valence-corrected chi connectivity index (χ0v) is 12.7. The van der Waals surface area contributed by atoms with E-state index in [4.69, 9.17) is 0 Å². The summed E-state index contributed by atoms with van der Waals surface area (Å²) in [6, 6.07) is 9.45. The van der Waals surface area contributed by atoms with Crippen LogP contribution < -0.4 is 5.32 Å². The van der Waals surface area contributed by atoms with Crippen LogP contribution in [0.15, 0.2) is 34.5 Å². The summed E-state index contributed by atoms with van der Waals surface area (Å²) in [5.74, 6) is 0.969. The van der Waals surface area contributed by atoms with E-state index in [0.717, 1.165) is 18.3 Å². The van der Waals surface area contributed by atoms with Gasteiger partial charge >= 0.3 is 0 Å². The monoisotopic (exact) mass is 290 g/mol. The molecule has 0 saturated heterocycles.